The van der Waals surface area contributed by atoms with Crippen molar-refractivity contribution in [2.75, 3.05) is 22.4 Å². The second kappa shape index (κ2) is 7.12. The topological polar surface area (TPSA) is 95.2 Å². The van der Waals surface area contributed by atoms with Crippen LogP contribution in [0.25, 0.3) is 11.3 Å². The molecule has 7 nitrogen and oxygen atoms in total. The number of aromatic nitrogens is 2. The number of fused-ring (bicyclic) bond motifs is 1. The molecule has 0 saturated heterocycles. The average Bonchev–Trinajstić information content (AvgIpc) is 3.21. The number of aryl methyl sites for hydroxylation is 1. The maximum absolute atomic E-state index is 12.7. The summed E-state index contributed by atoms with van der Waals surface area (Å²) in [4.78, 5) is 12.7. The summed E-state index contributed by atoms with van der Waals surface area (Å²) < 4.78 is 25.4. The SMILES string of the molecule is CS(=O)(=O)N1CCCc2cc(C(=O)Nc3cccc(-c4ccn[nH]4)c3)ccc21. The highest BCUT2D eigenvalue weighted by atomic mass is 32.2. The molecule has 1 aliphatic rings. The van der Waals surface area contributed by atoms with Crippen molar-refractivity contribution in [3.8, 4) is 11.3 Å². The first-order valence-electron chi connectivity index (χ1n) is 8.93. The van der Waals surface area contributed by atoms with E-state index in [1.54, 1.807) is 24.4 Å². The summed E-state index contributed by atoms with van der Waals surface area (Å²) in [5.74, 6) is -0.235. The molecule has 28 heavy (non-hydrogen) atoms. The number of hydrogen-bond acceptors (Lipinski definition) is 4. The number of carbonyl (C=O) groups excluding carboxylic acids is 1. The zero-order valence-electron chi connectivity index (χ0n) is 15.3. The molecule has 0 radical (unpaired) electrons. The van der Waals surface area contributed by atoms with Crippen LogP contribution < -0.4 is 9.62 Å². The van der Waals surface area contributed by atoms with Gasteiger partial charge in [0.15, 0.2) is 0 Å². The number of carbonyl (C=O) groups is 1. The number of rotatable bonds is 4. The molecule has 2 N–H and O–H groups in total. The number of sulfonamides is 1. The number of amides is 1. The van der Waals surface area contributed by atoms with E-state index in [4.69, 9.17) is 0 Å². The molecule has 4 rings (SSSR count). The molecule has 0 bridgehead atoms. The number of H-pyrrole nitrogens is 1. The quantitative estimate of drug-likeness (QED) is 0.709. The molecule has 2 heterocycles. The molecular formula is C20H20N4O3S. The number of benzene rings is 2. The third kappa shape index (κ3) is 3.63. The van der Waals surface area contributed by atoms with Crippen molar-refractivity contribution in [1.29, 1.82) is 0 Å². The van der Waals surface area contributed by atoms with Crippen molar-refractivity contribution in [3.63, 3.8) is 0 Å². The number of aromatic amines is 1. The Hall–Kier alpha value is -3.13. The minimum Gasteiger partial charge on any atom is -0.322 e. The van der Waals surface area contributed by atoms with Crippen molar-refractivity contribution < 1.29 is 13.2 Å². The molecule has 0 fully saturated rings. The van der Waals surface area contributed by atoms with Gasteiger partial charge in [-0.25, -0.2) is 8.42 Å². The summed E-state index contributed by atoms with van der Waals surface area (Å²) in [6.07, 6.45) is 4.36. The van der Waals surface area contributed by atoms with Gasteiger partial charge in [-0.05, 0) is 54.8 Å². The molecule has 2 aromatic carbocycles. The Labute approximate surface area is 163 Å². The van der Waals surface area contributed by atoms with Gasteiger partial charge in [-0.3, -0.25) is 14.2 Å². The van der Waals surface area contributed by atoms with Gasteiger partial charge < -0.3 is 5.32 Å². The third-order valence-corrected chi connectivity index (χ3v) is 5.93. The summed E-state index contributed by atoms with van der Waals surface area (Å²) in [6, 6.07) is 14.5. The van der Waals surface area contributed by atoms with Gasteiger partial charge in [-0.15, -0.1) is 0 Å². The Morgan fingerprint density at radius 1 is 1.18 bits per heavy atom. The maximum atomic E-state index is 12.7. The molecule has 1 aliphatic heterocycles. The van der Waals surface area contributed by atoms with Crippen molar-refractivity contribution in [2.45, 2.75) is 12.8 Å². The molecule has 0 unspecified atom stereocenters. The number of hydrogen-bond donors (Lipinski definition) is 2. The molecule has 0 atom stereocenters. The van der Waals surface area contributed by atoms with E-state index in [2.05, 4.69) is 15.5 Å². The summed E-state index contributed by atoms with van der Waals surface area (Å²) in [5.41, 5.74) is 4.49. The molecule has 1 amide bonds. The lowest BCUT2D eigenvalue weighted by atomic mass is 10.0. The van der Waals surface area contributed by atoms with Gasteiger partial charge >= 0.3 is 0 Å². The first-order chi connectivity index (χ1) is 13.4. The molecule has 1 aromatic heterocycles. The monoisotopic (exact) mass is 396 g/mol. The third-order valence-electron chi connectivity index (χ3n) is 4.75. The van der Waals surface area contributed by atoms with Crippen LogP contribution in [0.15, 0.2) is 54.7 Å². The van der Waals surface area contributed by atoms with Crippen LogP contribution in [0, 0.1) is 0 Å². The zero-order chi connectivity index (χ0) is 19.7. The van der Waals surface area contributed by atoms with E-state index >= 15 is 0 Å². The van der Waals surface area contributed by atoms with E-state index in [0.717, 1.165) is 29.7 Å². The molecule has 0 aliphatic carbocycles. The van der Waals surface area contributed by atoms with E-state index in [1.165, 1.54) is 10.6 Å². The van der Waals surface area contributed by atoms with Gasteiger partial charge in [0.25, 0.3) is 5.91 Å². The van der Waals surface area contributed by atoms with Crippen molar-refractivity contribution in [2.24, 2.45) is 0 Å². The van der Waals surface area contributed by atoms with Crippen molar-refractivity contribution >= 4 is 27.3 Å². The van der Waals surface area contributed by atoms with Crippen LogP contribution in [0.4, 0.5) is 11.4 Å². The van der Waals surface area contributed by atoms with Crippen LogP contribution in [0.2, 0.25) is 0 Å². The number of anilines is 2. The molecular weight excluding hydrogens is 376 g/mol. The smallest absolute Gasteiger partial charge is 0.255 e. The zero-order valence-corrected chi connectivity index (χ0v) is 16.2. The molecule has 3 aromatic rings. The lowest BCUT2D eigenvalue weighted by molar-refractivity contribution is 0.102. The minimum atomic E-state index is -3.32. The van der Waals surface area contributed by atoms with E-state index in [-0.39, 0.29) is 5.91 Å². The lowest BCUT2D eigenvalue weighted by Crippen LogP contribution is -2.34. The molecule has 8 heteroatoms. The highest BCUT2D eigenvalue weighted by molar-refractivity contribution is 7.92. The molecule has 0 saturated carbocycles. The van der Waals surface area contributed by atoms with Gasteiger partial charge in [-0.1, -0.05) is 12.1 Å². The van der Waals surface area contributed by atoms with Crippen LogP contribution in [0.5, 0.6) is 0 Å². The maximum Gasteiger partial charge on any atom is 0.255 e. The van der Waals surface area contributed by atoms with Crippen LogP contribution in [-0.4, -0.2) is 37.3 Å². The highest BCUT2D eigenvalue weighted by Gasteiger charge is 2.24. The predicted octanol–water partition coefficient (Wildman–Crippen LogP) is 3.04. The fourth-order valence-corrected chi connectivity index (χ4v) is 4.43. The largest absolute Gasteiger partial charge is 0.322 e. The van der Waals surface area contributed by atoms with Gasteiger partial charge in [0.05, 0.1) is 17.6 Å². The second-order valence-corrected chi connectivity index (χ2v) is 8.69. The Morgan fingerprint density at radius 2 is 2.04 bits per heavy atom. The first-order valence-corrected chi connectivity index (χ1v) is 10.8. The van der Waals surface area contributed by atoms with Gasteiger partial charge in [-0.2, -0.15) is 5.10 Å². The minimum absolute atomic E-state index is 0.235. The lowest BCUT2D eigenvalue weighted by Gasteiger charge is -2.29. The van der Waals surface area contributed by atoms with Gasteiger partial charge in [0.1, 0.15) is 0 Å². The van der Waals surface area contributed by atoms with E-state index in [0.29, 0.717) is 23.5 Å². The second-order valence-electron chi connectivity index (χ2n) is 6.79. The Morgan fingerprint density at radius 3 is 2.79 bits per heavy atom. The molecule has 0 spiro atoms. The van der Waals surface area contributed by atoms with E-state index in [9.17, 15) is 13.2 Å². The van der Waals surface area contributed by atoms with Crippen LogP contribution >= 0.6 is 0 Å². The highest BCUT2D eigenvalue weighted by Crippen LogP contribution is 2.30. The Balaban J connectivity index is 1.57. The van der Waals surface area contributed by atoms with Crippen LogP contribution in [0.1, 0.15) is 22.3 Å². The van der Waals surface area contributed by atoms with Crippen molar-refractivity contribution in [1.82, 2.24) is 10.2 Å². The molecule has 144 valence electrons. The predicted molar refractivity (Wildman–Crippen MR) is 109 cm³/mol. The normalized spacial score (nSPS) is 13.8. The van der Waals surface area contributed by atoms with E-state index in [1.807, 2.05) is 30.3 Å². The Kier molecular flexibility index (Phi) is 4.64. The van der Waals surface area contributed by atoms with Gasteiger partial charge in [0, 0.05) is 29.6 Å². The number of nitrogens with one attached hydrogen (secondary N) is 2. The van der Waals surface area contributed by atoms with E-state index < -0.39 is 10.0 Å². The van der Waals surface area contributed by atoms with Crippen LogP contribution in [0.3, 0.4) is 0 Å². The van der Waals surface area contributed by atoms with Gasteiger partial charge in [0.2, 0.25) is 10.0 Å². The fourth-order valence-electron chi connectivity index (χ4n) is 3.43. The first kappa shape index (κ1) is 18.2. The summed E-state index contributed by atoms with van der Waals surface area (Å²) in [7, 11) is -3.32. The Bertz CT molecular complexity index is 1120. The van der Waals surface area contributed by atoms with Crippen LogP contribution in [-0.2, 0) is 16.4 Å². The fraction of sp³-hybridized carbons (Fsp3) is 0.200. The number of nitrogens with zero attached hydrogens (tertiary/aromatic N) is 2. The summed E-state index contributed by atoms with van der Waals surface area (Å²) >= 11 is 0. The standard InChI is InChI=1S/C20H20N4O3S/c1-28(26,27)24-11-3-5-15-12-16(7-8-19(15)24)20(25)22-17-6-2-4-14(13-17)18-9-10-21-23-18/h2,4,6-10,12-13H,3,5,11H2,1H3,(H,21,23)(H,22,25). The summed E-state index contributed by atoms with van der Waals surface area (Å²) in [5, 5.41) is 9.75. The van der Waals surface area contributed by atoms with Crippen molar-refractivity contribution in [3.05, 3.63) is 65.9 Å². The average molecular weight is 396 g/mol. The summed E-state index contributed by atoms with van der Waals surface area (Å²) in [6.45, 7) is 0.470.